The van der Waals surface area contributed by atoms with Gasteiger partial charge in [-0.05, 0) is 35.7 Å². The maximum Gasteiger partial charge on any atom is 0.308 e. The fourth-order valence-corrected chi connectivity index (χ4v) is 7.08. The van der Waals surface area contributed by atoms with Crippen LogP contribution in [0.1, 0.15) is 23.6 Å². The summed E-state index contributed by atoms with van der Waals surface area (Å²) in [4.78, 5) is 29.9. The topological polar surface area (TPSA) is 106 Å². The zero-order valence-electron chi connectivity index (χ0n) is 20.6. The number of nitrogens with one attached hydrogen (secondary N) is 1. The van der Waals surface area contributed by atoms with E-state index in [2.05, 4.69) is 10.3 Å². The van der Waals surface area contributed by atoms with Gasteiger partial charge in [-0.1, -0.05) is 72.3 Å². The molecule has 200 valence electrons. The number of aromatic nitrogens is 1. The number of hydrogen-bond donors (Lipinski definition) is 1. The van der Waals surface area contributed by atoms with Crippen LogP contribution in [0.4, 0.5) is 5.13 Å². The molecule has 1 aliphatic rings. The largest absolute Gasteiger partial charge is 0.456 e. The number of ether oxygens (including phenoxy) is 1. The van der Waals surface area contributed by atoms with E-state index in [0.717, 1.165) is 16.7 Å². The Kier molecular flexibility index (Phi) is 8.08. The van der Waals surface area contributed by atoms with Gasteiger partial charge in [0.15, 0.2) is 11.7 Å². The van der Waals surface area contributed by atoms with Crippen molar-refractivity contribution in [2.45, 2.75) is 23.8 Å². The van der Waals surface area contributed by atoms with Crippen molar-refractivity contribution in [3.8, 4) is 11.3 Å². The number of benzene rings is 3. The molecule has 0 bridgehead atoms. The molecule has 2 heterocycles. The highest BCUT2D eigenvalue weighted by atomic mass is 35.5. The molecule has 0 aliphatic carbocycles. The third-order valence-electron chi connectivity index (χ3n) is 6.34. The molecule has 5 rings (SSSR count). The second-order valence-corrected chi connectivity index (χ2v) is 12.0. The molecular weight excluding hydrogens is 558 g/mol. The maximum absolute atomic E-state index is 13.5. The van der Waals surface area contributed by atoms with Gasteiger partial charge < -0.3 is 4.74 Å². The summed E-state index contributed by atoms with van der Waals surface area (Å²) in [5.74, 6) is -1.24. The molecule has 0 fully saturated rings. The third kappa shape index (κ3) is 6.04. The first-order chi connectivity index (χ1) is 18.8. The van der Waals surface area contributed by atoms with Crippen LogP contribution >= 0.6 is 22.9 Å². The number of anilines is 1. The Morgan fingerprint density at radius 3 is 2.54 bits per heavy atom. The van der Waals surface area contributed by atoms with Crippen LogP contribution in [-0.2, 0) is 30.8 Å². The van der Waals surface area contributed by atoms with Gasteiger partial charge in [0.05, 0.1) is 23.1 Å². The molecule has 1 amide bonds. The van der Waals surface area contributed by atoms with Crippen molar-refractivity contribution in [2.24, 2.45) is 0 Å². The minimum atomic E-state index is -3.87. The second-order valence-electron chi connectivity index (χ2n) is 8.82. The summed E-state index contributed by atoms with van der Waals surface area (Å²) < 4.78 is 33.6. The predicted octanol–water partition coefficient (Wildman–Crippen LogP) is 5.32. The number of carbonyl (C=O) groups is 2. The van der Waals surface area contributed by atoms with Gasteiger partial charge in [0, 0.05) is 22.5 Å². The maximum atomic E-state index is 13.5. The number of fused-ring (bicyclic) bond motifs is 1. The summed E-state index contributed by atoms with van der Waals surface area (Å²) in [6.45, 7) is -0.301. The zero-order chi connectivity index (χ0) is 27.4. The lowest BCUT2D eigenvalue weighted by molar-refractivity contribution is -0.148. The van der Waals surface area contributed by atoms with E-state index in [1.165, 1.54) is 27.8 Å². The first kappa shape index (κ1) is 27.0. The summed E-state index contributed by atoms with van der Waals surface area (Å²) in [5.41, 5.74) is 3.09. The van der Waals surface area contributed by atoms with Gasteiger partial charge in [0.1, 0.15) is 0 Å². The van der Waals surface area contributed by atoms with Crippen LogP contribution in [0.2, 0.25) is 5.02 Å². The monoisotopic (exact) mass is 581 g/mol. The molecule has 1 unspecified atom stereocenters. The molecule has 8 nitrogen and oxygen atoms in total. The lowest BCUT2D eigenvalue weighted by atomic mass is 9.92. The summed E-state index contributed by atoms with van der Waals surface area (Å²) in [7, 11) is -3.87. The zero-order valence-corrected chi connectivity index (χ0v) is 23.0. The molecule has 39 heavy (non-hydrogen) atoms. The standard InChI is InChI=1S/C28H24ClN3O5S2/c29-23-13-7-6-12-22(23)24-18-38-28(30-24)31-26(33)17-37-27(34)16-25-21-11-5-4-8-19(21)14-15-32(25)39(35,36)20-9-2-1-3-10-20/h1-13,18,25H,14-17H2,(H,30,31,33). The smallest absolute Gasteiger partial charge is 0.308 e. The van der Waals surface area contributed by atoms with Gasteiger partial charge in [-0.2, -0.15) is 4.31 Å². The van der Waals surface area contributed by atoms with Crippen molar-refractivity contribution in [1.82, 2.24) is 9.29 Å². The Hall–Kier alpha value is -3.57. The Balaban J connectivity index is 1.25. The van der Waals surface area contributed by atoms with Crippen molar-refractivity contribution in [3.05, 3.63) is 100 Å². The van der Waals surface area contributed by atoms with E-state index in [9.17, 15) is 18.0 Å². The SMILES string of the molecule is O=C(COC(=O)CC1c2ccccc2CCN1S(=O)(=O)c1ccccc1)Nc1nc(-c2ccccc2Cl)cs1. The molecule has 11 heteroatoms. The third-order valence-corrected chi connectivity index (χ3v) is 9.35. The normalized spacial score (nSPS) is 15.4. The van der Waals surface area contributed by atoms with Gasteiger partial charge in [-0.25, -0.2) is 13.4 Å². The van der Waals surface area contributed by atoms with Gasteiger partial charge in [-0.15, -0.1) is 11.3 Å². The Morgan fingerprint density at radius 2 is 1.74 bits per heavy atom. The fourth-order valence-electron chi connectivity index (χ4n) is 4.50. The van der Waals surface area contributed by atoms with Crippen molar-refractivity contribution in [1.29, 1.82) is 0 Å². The molecule has 0 saturated carbocycles. The molecule has 1 aromatic heterocycles. The van der Waals surface area contributed by atoms with Gasteiger partial charge in [-0.3, -0.25) is 14.9 Å². The van der Waals surface area contributed by atoms with E-state index >= 15 is 0 Å². The lowest BCUT2D eigenvalue weighted by Crippen LogP contribution is -2.41. The fraction of sp³-hybridized carbons (Fsp3) is 0.179. The number of sulfonamides is 1. The van der Waals surface area contributed by atoms with Crippen LogP contribution in [0, 0.1) is 0 Å². The van der Waals surface area contributed by atoms with Gasteiger partial charge in [0.25, 0.3) is 5.91 Å². The van der Waals surface area contributed by atoms with Crippen LogP contribution in [0.15, 0.2) is 89.1 Å². The molecule has 1 atom stereocenters. The van der Waals surface area contributed by atoms with E-state index < -0.39 is 34.5 Å². The molecule has 1 N–H and O–H groups in total. The average Bonchev–Trinajstić information content (AvgIpc) is 3.40. The number of amides is 1. The molecular formula is C28H24ClN3O5S2. The highest BCUT2D eigenvalue weighted by molar-refractivity contribution is 7.89. The minimum absolute atomic E-state index is 0.154. The molecule has 4 aromatic rings. The molecule has 0 spiro atoms. The predicted molar refractivity (Wildman–Crippen MR) is 150 cm³/mol. The first-order valence-electron chi connectivity index (χ1n) is 12.1. The van der Waals surface area contributed by atoms with Crippen LogP contribution in [-0.4, -0.2) is 42.7 Å². The quantitative estimate of drug-likeness (QED) is 0.282. The second kappa shape index (κ2) is 11.7. The van der Waals surface area contributed by atoms with Crippen molar-refractivity contribution >= 4 is 50.0 Å². The van der Waals surface area contributed by atoms with Gasteiger partial charge >= 0.3 is 5.97 Å². The number of rotatable bonds is 8. The highest BCUT2D eigenvalue weighted by Crippen LogP contribution is 2.36. The number of esters is 1. The molecule has 3 aromatic carbocycles. The number of thiazole rings is 1. The molecule has 0 saturated heterocycles. The summed E-state index contributed by atoms with van der Waals surface area (Å²) in [5, 5.41) is 5.28. The van der Waals surface area contributed by atoms with E-state index in [0.29, 0.717) is 22.3 Å². The minimum Gasteiger partial charge on any atom is -0.456 e. The summed E-state index contributed by atoms with van der Waals surface area (Å²) >= 11 is 7.44. The van der Waals surface area contributed by atoms with E-state index in [4.69, 9.17) is 16.3 Å². The average molecular weight is 582 g/mol. The molecule has 1 aliphatic heterocycles. The van der Waals surface area contributed by atoms with Crippen LogP contribution in [0.25, 0.3) is 11.3 Å². The van der Waals surface area contributed by atoms with Crippen LogP contribution in [0.3, 0.4) is 0 Å². The van der Waals surface area contributed by atoms with Crippen molar-refractivity contribution < 1.29 is 22.7 Å². The van der Waals surface area contributed by atoms with E-state index in [-0.39, 0.29) is 17.9 Å². The van der Waals surface area contributed by atoms with Crippen molar-refractivity contribution in [3.63, 3.8) is 0 Å². The lowest BCUT2D eigenvalue weighted by Gasteiger charge is -2.36. The van der Waals surface area contributed by atoms with Crippen LogP contribution < -0.4 is 5.32 Å². The van der Waals surface area contributed by atoms with Crippen LogP contribution in [0.5, 0.6) is 0 Å². The Morgan fingerprint density at radius 1 is 1.03 bits per heavy atom. The molecule has 0 radical (unpaired) electrons. The summed E-state index contributed by atoms with van der Waals surface area (Å²) in [6.07, 6.45) is 0.296. The summed E-state index contributed by atoms with van der Waals surface area (Å²) in [6, 6.07) is 22.1. The number of halogens is 1. The van der Waals surface area contributed by atoms with E-state index in [1.54, 1.807) is 29.6 Å². The number of hydrogen-bond acceptors (Lipinski definition) is 7. The number of nitrogens with zero attached hydrogens (tertiary/aromatic N) is 2. The highest BCUT2D eigenvalue weighted by Gasteiger charge is 2.37. The number of carbonyl (C=O) groups excluding carboxylic acids is 2. The van der Waals surface area contributed by atoms with Crippen molar-refractivity contribution in [2.75, 3.05) is 18.5 Å². The Bertz CT molecular complexity index is 1610. The van der Waals surface area contributed by atoms with E-state index in [1.807, 2.05) is 42.5 Å². The Labute approximate surface area is 235 Å². The van der Waals surface area contributed by atoms with Gasteiger partial charge in [0.2, 0.25) is 10.0 Å². The first-order valence-corrected chi connectivity index (χ1v) is 14.8.